The van der Waals surface area contributed by atoms with Crippen molar-refractivity contribution in [2.75, 3.05) is 32.0 Å². The van der Waals surface area contributed by atoms with Crippen LogP contribution in [0.2, 0.25) is 0 Å². The molecule has 0 heterocycles. The van der Waals surface area contributed by atoms with E-state index in [9.17, 15) is 9.90 Å². The first-order valence-electron chi connectivity index (χ1n) is 6.74. The monoisotopic (exact) mass is 318 g/mol. The fourth-order valence-corrected chi connectivity index (χ4v) is 1.99. The van der Waals surface area contributed by atoms with Crippen molar-refractivity contribution < 1.29 is 24.1 Å². The molecule has 7 nitrogen and oxygen atoms in total. The number of benzene rings is 2. The van der Waals surface area contributed by atoms with Crippen molar-refractivity contribution in [3.05, 3.63) is 36.4 Å². The highest BCUT2D eigenvalue weighted by Gasteiger charge is 2.14. The molecule has 0 aliphatic heterocycles. The maximum atomic E-state index is 12.0. The number of ether oxygens (including phenoxy) is 3. The van der Waals surface area contributed by atoms with E-state index in [2.05, 4.69) is 10.6 Å². The molecular weight excluding hydrogens is 300 g/mol. The van der Waals surface area contributed by atoms with Crippen LogP contribution in [0.5, 0.6) is 23.0 Å². The number of carbonyl (C=O) groups excluding carboxylic acids is 1. The Labute approximate surface area is 133 Å². The molecule has 23 heavy (non-hydrogen) atoms. The van der Waals surface area contributed by atoms with E-state index in [1.807, 2.05) is 0 Å². The molecule has 0 saturated carbocycles. The van der Waals surface area contributed by atoms with E-state index in [0.717, 1.165) is 0 Å². The van der Waals surface area contributed by atoms with Crippen molar-refractivity contribution in [2.24, 2.45) is 0 Å². The maximum absolute atomic E-state index is 12.0. The predicted octanol–water partition coefficient (Wildman–Crippen LogP) is 3.06. The molecule has 2 aromatic carbocycles. The summed E-state index contributed by atoms with van der Waals surface area (Å²) in [5.41, 5.74) is 1.03. The van der Waals surface area contributed by atoms with Crippen molar-refractivity contribution in [1.29, 1.82) is 0 Å². The Hall–Kier alpha value is -3.09. The zero-order valence-corrected chi connectivity index (χ0v) is 13.0. The Bertz CT molecular complexity index is 660. The number of hydrogen-bond donors (Lipinski definition) is 3. The van der Waals surface area contributed by atoms with Crippen LogP contribution in [0.15, 0.2) is 36.4 Å². The molecule has 0 aromatic heterocycles. The largest absolute Gasteiger partial charge is 0.508 e. The molecule has 0 aliphatic rings. The predicted molar refractivity (Wildman–Crippen MR) is 86.8 cm³/mol. The first-order valence-corrected chi connectivity index (χ1v) is 6.74. The zero-order chi connectivity index (χ0) is 16.8. The van der Waals surface area contributed by atoms with Gasteiger partial charge in [-0.1, -0.05) is 0 Å². The van der Waals surface area contributed by atoms with Gasteiger partial charge in [0, 0.05) is 17.8 Å². The molecule has 0 saturated heterocycles. The number of carbonyl (C=O) groups is 1. The van der Waals surface area contributed by atoms with Gasteiger partial charge in [-0.25, -0.2) is 4.79 Å². The van der Waals surface area contributed by atoms with Crippen molar-refractivity contribution in [1.82, 2.24) is 0 Å². The summed E-state index contributed by atoms with van der Waals surface area (Å²) in [6, 6.07) is 8.94. The van der Waals surface area contributed by atoms with Crippen LogP contribution in [-0.4, -0.2) is 32.5 Å². The smallest absolute Gasteiger partial charge is 0.323 e. The number of urea groups is 1. The van der Waals surface area contributed by atoms with Crippen LogP contribution in [0.1, 0.15) is 0 Å². The molecule has 2 rings (SSSR count). The second-order valence-electron chi connectivity index (χ2n) is 4.54. The van der Waals surface area contributed by atoms with Crippen LogP contribution in [0.4, 0.5) is 16.2 Å². The molecule has 0 spiro atoms. The van der Waals surface area contributed by atoms with E-state index >= 15 is 0 Å². The summed E-state index contributed by atoms with van der Waals surface area (Å²) in [7, 11) is 4.50. The first kappa shape index (κ1) is 16.3. The highest BCUT2D eigenvalue weighted by Crippen LogP contribution is 2.39. The van der Waals surface area contributed by atoms with Crippen molar-refractivity contribution in [3.8, 4) is 23.0 Å². The molecular formula is C16H18N2O5. The van der Waals surface area contributed by atoms with Gasteiger partial charge in [-0.3, -0.25) is 0 Å². The fourth-order valence-electron chi connectivity index (χ4n) is 1.99. The molecule has 122 valence electrons. The minimum Gasteiger partial charge on any atom is -0.508 e. The summed E-state index contributed by atoms with van der Waals surface area (Å²) in [5.74, 6) is 1.44. The number of rotatable bonds is 5. The second kappa shape index (κ2) is 7.26. The zero-order valence-electron chi connectivity index (χ0n) is 13.0. The van der Waals surface area contributed by atoms with E-state index < -0.39 is 6.03 Å². The van der Waals surface area contributed by atoms with Gasteiger partial charge in [0.1, 0.15) is 5.75 Å². The van der Waals surface area contributed by atoms with Gasteiger partial charge in [0.15, 0.2) is 11.5 Å². The van der Waals surface area contributed by atoms with Crippen LogP contribution in [-0.2, 0) is 0 Å². The topological polar surface area (TPSA) is 89.1 Å². The lowest BCUT2D eigenvalue weighted by molar-refractivity contribution is 0.262. The molecule has 0 unspecified atom stereocenters. The highest BCUT2D eigenvalue weighted by atomic mass is 16.5. The normalized spacial score (nSPS) is 9.87. The molecule has 0 radical (unpaired) electrons. The maximum Gasteiger partial charge on any atom is 0.323 e. The Kier molecular flexibility index (Phi) is 5.14. The standard InChI is InChI=1S/C16H18N2O5/c1-21-13-8-11(9-14(22-2)15(13)23-3)18-16(20)17-10-4-6-12(19)7-5-10/h4-9,19H,1-3H3,(H2,17,18,20). The summed E-state index contributed by atoms with van der Waals surface area (Å²) in [6.45, 7) is 0. The van der Waals surface area contributed by atoms with Gasteiger partial charge in [0.25, 0.3) is 0 Å². The minimum absolute atomic E-state index is 0.126. The van der Waals surface area contributed by atoms with Gasteiger partial charge in [-0.05, 0) is 24.3 Å². The van der Waals surface area contributed by atoms with Gasteiger partial charge in [0.2, 0.25) is 5.75 Å². The summed E-state index contributed by atoms with van der Waals surface area (Å²) in [5, 5.41) is 14.5. The number of nitrogens with one attached hydrogen (secondary N) is 2. The number of phenols is 1. The lowest BCUT2D eigenvalue weighted by Crippen LogP contribution is -2.19. The molecule has 0 atom stereocenters. The highest BCUT2D eigenvalue weighted by molar-refractivity contribution is 6.00. The number of anilines is 2. The molecule has 0 bridgehead atoms. The third-order valence-corrected chi connectivity index (χ3v) is 3.05. The number of methoxy groups -OCH3 is 3. The van der Waals surface area contributed by atoms with Gasteiger partial charge in [0.05, 0.1) is 27.0 Å². The van der Waals surface area contributed by atoms with Crippen molar-refractivity contribution in [2.45, 2.75) is 0 Å². The summed E-state index contributed by atoms with van der Waals surface area (Å²) in [6.07, 6.45) is 0. The van der Waals surface area contributed by atoms with E-state index in [0.29, 0.717) is 28.6 Å². The SMILES string of the molecule is COc1cc(NC(=O)Nc2ccc(O)cc2)cc(OC)c1OC. The molecule has 2 amide bonds. The number of phenolic OH excluding ortho intramolecular Hbond substituents is 1. The molecule has 0 fully saturated rings. The van der Waals surface area contributed by atoms with E-state index in [4.69, 9.17) is 14.2 Å². The summed E-state index contributed by atoms with van der Waals surface area (Å²) < 4.78 is 15.7. The van der Waals surface area contributed by atoms with Crippen LogP contribution in [0, 0.1) is 0 Å². The average Bonchev–Trinajstić information content (AvgIpc) is 2.55. The molecule has 7 heteroatoms. The van der Waals surface area contributed by atoms with Gasteiger partial charge < -0.3 is 30.0 Å². The molecule has 3 N–H and O–H groups in total. The van der Waals surface area contributed by atoms with E-state index in [1.54, 1.807) is 24.3 Å². The van der Waals surface area contributed by atoms with Crippen molar-refractivity contribution in [3.63, 3.8) is 0 Å². The first-order chi connectivity index (χ1) is 11.1. The Balaban J connectivity index is 2.15. The molecule has 0 aliphatic carbocycles. The van der Waals surface area contributed by atoms with Crippen LogP contribution < -0.4 is 24.8 Å². The summed E-state index contributed by atoms with van der Waals surface area (Å²) >= 11 is 0. The van der Waals surface area contributed by atoms with E-state index in [-0.39, 0.29) is 5.75 Å². The number of hydrogen-bond acceptors (Lipinski definition) is 5. The van der Waals surface area contributed by atoms with Crippen LogP contribution in [0.25, 0.3) is 0 Å². The minimum atomic E-state index is -0.440. The van der Waals surface area contributed by atoms with Gasteiger partial charge in [-0.15, -0.1) is 0 Å². The Morgan fingerprint density at radius 1 is 0.870 bits per heavy atom. The summed E-state index contributed by atoms with van der Waals surface area (Å²) in [4.78, 5) is 12.0. The lowest BCUT2D eigenvalue weighted by atomic mass is 10.2. The van der Waals surface area contributed by atoms with Crippen molar-refractivity contribution >= 4 is 17.4 Å². The fraction of sp³-hybridized carbons (Fsp3) is 0.188. The van der Waals surface area contributed by atoms with E-state index in [1.165, 1.54) is 33.5 Å². The molecule has 2 aromatic rings. The quantitative estimate of drug-likeness (QED) is 0.737. The third-order valence-electron chi connectivity index (χ3n) is 3.05. The Morgan fingerprint density at radius 3 is 1.87 bits per heavy atom. The second-order valence-corrected chi connectivity index (χ2v) is 4.54. The van der Waals surface area contributed by atoms with Crippen LogP contribution in [0.3, 0.4) is 0 Å². The lowest BCUT2D eigenvalue weighted by Gasteiger charge is -2.15. The number of amides is 2. The number of aromatic hydroxyl groups is 1. The Morgan fingerprint density at radius 2 is 1.39 bits per heavy atom. The third kappa shape index (κ3) is 3.97. The van der Waals surface area contributed by atoms with Crippen LogP contribution >= 0.6 is 0 Å². The van der Waals surface area contributed by atoms with Gasteiger partial charge >= 0.3 is 6.03 Å². The average molecular weight is 318 g/mol. The van der Waals surface area contributed by atoms with Gasteiger partial charge in [-0.2, -0.15) is 0 Å².